The highest BCUT2D eigenvalue weighted by Crippen LogP contribution is 2.18. The molecule has 0 unspecified atom stereocenters. The molecule has 3 nitrogen and oxygen atoms in total. The maximum Gasteiger partial charge on any atom is 0.224 e. The fourth-order valence-corrected chi connectivity index (χ4v) is 2.59. The van der Waals surface area contributed by atoms with Gasteiger partial charge in [0.25, 0.3) is 0 Å². The van der Waals surface area contributed by atoms with Crippen molar-refractivity contribution < 1.29 is 4.79 Å². The van der Waals surface area contributed by atoms with Crippen LogP contribution in [0.1, 0.15) is 18.4 Å². The first-order valence-corrected chi connectivity index (χ1v) is 6.73. The maximum atomic E-state index is 11.9. The van der Waals surface area contributed by atoms with Crippen molar-refractivity contribution in [2.24, 2.45) is 5.73 Å². The quantitative estimate of drug-likeness (QED) is 0.880. The van der Waals surface area contributed by atoms with E-state index in [2.05, 4.69) is 29.6 Å². The van der Waals surface area contributed by atoms with Crippen molar-refractivity contribution in [2.75, 3.05) is 0 Å². The fraction of sp³-hybridized carbons (Fsp3) is 0.312. The summed E-state index contributed by atoms with van der Waals surface area (Å²) in [6.07, 6.45) is 2.25. The first-order chi connectivity index (χ1) is 9.20. The van der Waals surface area contributed by atoms with E-state index < -0.39 is 0 Å². The predicted octanol–water partition coefficient (Wildman–Crippen LogP) is 1.99. The maximum absolute atomic E-state index is 11.9. The number of hydrogen-bond donors (Lipinski definition) is 2. The second-order valence-corrected chi connectivity index (χ2v) is 5.35. The molecule has 1 fully saturated rings. The normalized spacial score (nSPS) is 21.9. The average Bonchev–Trinajstić information content (AvgIpc) is 2.37. The average molecular weight is 254 g/mol. The molecule has 0 aromatic heterocycles. The van der Waals surface area contributed by atoms with Gasteiger partial charge in [0, 0.05) is 12.1 Å². The van der Waals surface area contributed by atoms with Crippen molar-refractivity contribution in [1.29, 1.82) is 0 Å². The van der Waals surface area contributed by atoms with Crippen LogP contribution in [0.5, 0.6) is 0 Å². The SMILES string of the molecule is NC1CC(NC(=O)Cc2ccc3ccccc3c2)C1. The van der Waals surface area contributed by atoms with Crippen LogP contribution < -0.4 is 11.1 Å². The van der Waals surface area contributed by atoms with E-state index in [1.807, 2.05) is 18.2 Å². The molecule has 3 N–H and O–H groups in total. The highest BCUT2D eigenvalue weighted by Gasteiger charge is 2.26. The Morgan fingerprint density at radius 1 is 1.16 bits per heavy atom. The summed E-state index contributed by atoms with van der Waals surface area (Å²) >= 11 is 0. The summed E-state index contributed by atoms with van der Waals surface area (Å²) in [5.74, 6) is 0.0900. The number of benzene rings is 2. The third-order valence-corrected chi connectivity index (χ3v) is 3.72. The Kier molecular flexibility index (Phi) is 3.22. The minimum absolute atomic E-state index is 0.0900. The monoisotopic (exact) mass is 254 g/mol. The van der Waals surface area contributed by atoms with Crippen molar-refractivity contribution in [3.8, 4) is 0 Å². The van der Waals surface area contributed by atoms with Crippen LogP contribution in [0, 0.1) is 0 Å². The Bertz CT molecular complexity index is 602. The minimum Gasteiger partial charge on any atom is -0.353 e. The number of hydrogen-bond acceptors (Lipinski definition) is 2. The predicted molar refractivity (Wildman–Crippen MR) is 76.8 cm³/mol. The third-order valence-electron chi connectivity index (χ3n) is 3.72. The summed E-state index contributed by atoms with van der Waals surface area (Å²) in [6, 6.07) is 14.9. The van der Waals surface area contributed by atoms with E-state index in [0.717, 1.165) is 18.4 Å². The van der Waals surface area contributed by atoms with Gasteiger partial charge in [-0.25, -0.2) is 0 Å². The topological polar surface area (TPSA) is 55.1 Å². The van der Waals surface area contributed by atoms with Crippen LogP contribution in [0.4, 0.5) is 0 Å². The third kappa shape index (κ3) is 2.76. The molecule has 1 aliphatic rings. The molecule has 0 atom stereocenters. The molecule has 0 aliphatic heterocycles. The smallest absolute Gasteiger partial charge is 0.224 e. The van der Waals surface area contributed by atoms with Gasteiger partial charge in [-0.3, -0.25) is 4.79 Å². The fourth-order valence-electron chi connectivity index (χ4n) is 2.59. The lowest BCUT2D eigenvalue weighted by molar-refractivity contribution is -0.121. The highest BCUT2D eigenvalue weighted by molar-refractivity contribution is 5.85. The van der Waals surface area contributed by atoms with Crippen molar-refractivity contribution in [3.05, 3.63) is 48.0 Å². The molecule has 3 rings (SSSR count). The number of nitrogens with one attached hydrogen (secondary N) is 1. The zero-order valence-corrected chi connectivity index (χ0v) is 10.8. The van der Waals surface area contributed by atoms with E-state index in [0.29, 0.717) is 6.42 Å². The van der Waals surface area contributed by atoms with Gasteiger partial charge in [-0.15, -0.1) is 0 Å². The van der Waals surface area contributed by atoms with Gasteiger partial charge in [-0.05, 0) is 29.2 Å². The van der Waals surface area contributed by atoms with Gasteiger partial charge < -0.3 is 11.1 Å². The van der Waals surface area contributed by atoms with E-state index in [4.69, 9.17) is 5.73 Å². The molecule has 3 heteroatoms. The van der Waals surface area contributed by atoms with Crippen molar-refractivity contribution >= 4 is 16.7 Å². The Hall–Kier alpha value is -1.87. The highest BCUT2D eigenvalue weighted by atomic mass is 16.1. The minimum atomic E-state index is 0.0900. The van der Waals surface area contributed by atoms with E-state index >= 15 is 0 Å². The largest absolute Gasteiger partial charge is 0.353 e. The lowest BCUT2D eigenvalue weighted by atomic mass is 9.87. The van der Waals surface area contributed by atoms with Crippen LogP contribution >= 0.6 is 0 Å². The van der Waals surface area contributed by atoms with Crippen LogP contribution in [-0.2, 0) is 11.2 Å². The summed E-state index contributed by atoms with van der Waals surface area (Å²) in [5.41, 5.74) is 6.76. The van der Waals surface area contributed by atoms with Crippen LogP contribution in [-0.4, -0.2) is 18.0 Å². The number of carbonyl (C=O) groups is 1. The lowest BCUT2D eigenvalue weighted by Gasteiger charge is -2.32. The van der Waals surface area contributed by atoms with E-state index in [1.54, 1.807) is 0 Å². The summed E-state index contributed by atoms with van der Waals surface area (Å²) < 4.78 is 0. The van der Waals surface area contributed by atoms with E-state index in [9.17, 15) is 4.79 Å². The first kappa shape index (κ1) is 12.2. The van der Waals surface area contributed by atoms with Gasteiger partial charge in [0.1, 0.15) is 0 Å². The summed E-state index contributed by atoms with van der Waals surface area (Å²) in [4.78, 5) is 11.9. The standard InChI is InChI=1S/C16H18N2O/c17-14-9-15(10-14)18-16(19)8-11-5-6-12-3-1-2-4-13(12)7-11/h1-7,14-15H,8-10,17H2,(H,18,19). The Morgan fingerprint density at radius 3 is 2.63 bits per heavy atom. The van der Waals surface area contributed by atoms with Crippen LogP contribution in [0.3, 0.4) is 0 Å². The molecule has 2 aromatic rings. The summed E-state index contributed by atoms with van der Waals surface area (Å²) in [5, 5.41) is 5.41. The second kappa shape index (κ2) is 5.02. The van der Waals surface area contributed by atoms with E-state index in [-0.39, 0.29) is 18.0 Å². The zero-order chi connectivity index (χ0) is 13.2. The number of rotatable bonds is 3. The molecule has 98 valence electrons. The van der Waals surface area contributed by atoms with Gasteiger partial charge in [-0.1, -0.05) is 42.5 Å². The molecule has 1 aliphatic carbocycles. The van der Waals surface area contributed by atoms with Crippen LogP contribution in [0.2, 0.25) is 0 Å². The molecule has 2 aromatic carbocycles. The zero-order valence-electron chi connectivity index (χ0n) is 10.8. The van der Waals surface area contributed by atoms with Crippen LogP contribution in [0.15, 0.2) is 42.5 Å². The Labute approximate surface area is 112 Å². The van der Waals surface area contributed by atoms with Gasteiger partial charge >= 0.3 is 0 Å². The number of amides is 1. The molecule has 0 radical (unpaired) electrons. The van der Waals surface area contributed by atoms with Crippen molar-refractivity contribution in [3.63, 3.8) is 0 Å². The second-order valence-electron chi connectivity index (χ2n) is 5.35. The molecule has 19 heavy (non-hydrogen) atoms. The van der Waals surface area contributed by atoms with Gasteiger partial charge in [0.2, 0.25) is 5.91 Å². The summed E-state index contributed by atoms with van der Waals surface area (Å²) in [6.45, 7) is 0. The van der Waals surface area contributed by atoms with Gasteiger partial charge in [-0.2, -0.15) is 0 Å². The van der Waals surface area contributed by atoms with Gasteiger partial charge in [0.05, 0.1) is 6.42 Å². The Balaban J connectivity index is 1.65. The van der Waals surface area contributed by atoms with Crippen molar-refractivity contribution in [1.82, 2.24) is 5.32 Å². The lowest BCUT2D eigenvalue weighted by Crippen LogP contribution is -2.50. The summed E-state index contributed by atoms with van der Waals surface area (Å²) in [7, 11) is 0. The van der Waals surface area contributed by atoms with Crippen molar-refractivity contribution in [2.45, 2.75) is 31.3 Å². The Morgan fingerprint density at radius 2 is 1.89 bits per heavy atom. The molecule has 1 saturated carbocycles. The molecule has 1 amide bonds. The van der Waals surface area contributed by atoms with Crippen LogP contribution in [0.25, 0.3) is 10.8 Å². The molecular weight excluding hydrogens is 236 g/mol. The molecule has 0 heterocycles. The molecule has 0 saturated heterocycles. The first-order valence-electron chi connectivity index (χ1n) is 6.73. The molecular formula is C16H18N2O. The number of fused-ring (bicyclic) bond motifs is 1. The van der Waals surface area contributed by atoms with E-state index in [1.165, 1.54) is 10.8 Å². The number of carbonyl (C=O) groups excluding carboxylic acids is 1. The molecule has 0 spiro atoms. The number of nitrogens with two attached hydrogens (primary N) is 1. The van der Waals surface area contributed by atoms with Gasteiger partial charge in [0.15, 0.2) is 0 Å². The molecule has 0 bridgehead atoms.